The lowest BCUT2D eigenvalue weighted by Gasteiger charge is -2.18. The Morgan fingerprint density at radius 1 is 1.42 bits per heavy atom. The summed E-state index contributed by atoms with van der Waals surface area (Å²) in [6, 6.07) is 5.74. The van der Waals surface area contributed by atoms with E-state index in [2.05, 4.69) is 0 Å². The zero-order valence-electron chi connectivity index (χ0n) is 11.1. The van der Waals surface area contributed by atoms with E-state index in [0.717, 1.165) is 42.9 Å². The molecule has 0 saturated carbocycles. The number of amides is 1. The molecule has 0 aliphatic carbocycles. The molecule has 1 atom stereocenters. The van der Waals surface area contributed by atoms with Crippen molar-refractivity contribution >= 4 is 17.3 Å². The van der Waals surface area contributed by atoms with Crippen LogP contribution in [-0.2, 0) is 16.0 Å². The van der Waals surface area contributed by atoms with Gasteiger partial charge in [-0.15, -0.1) is 0 Å². The van der Waals surface area contributed by atoms with Crippen LogP contribution in [0, 0.1) is 0 Å². The van der Waals surface area contributed by atoms with E-state index in [0.29, 0.717) is 12.5 Å². The molecular weight excluding hydrogens is 240 g/mol. The first-order chi connectivity index (χ1) is 9.24. The molecule has 1 amide bonds. The van der Waals surface area contributed by atoms with Crippen molar-refractivity contribution in [2.24, 2.45) is 0 Å². The van der Waals surface area contributed by atoms with Crippen molar-refractivity contribution in [3.05, 3.63) is 23.8 Å². The van der Waals surface area contributed by atoms with Crippen LogP contribution in [0.5, 0.6) is 0 Å². The summed E-state index contributed by atoms with van der Waals surface area (Å²) >= 11 is 0. The average Bonchev–Trinajstić information content (AvgIpc) is 2.98. The number of ether oxygens (including phenoxy) is 1. The molecule has 0 aromatic heterocycles. The molecule has 2 aliphatic rings. The quantitative estimate of drug-likeness (QED) is 0.844. The molecule has 4 nitrogen and oxygen atoms in total. The van der Waals surface area contributed by atoms with Gasteiger partial charge in [0.2, 0.25) is 5.91 Å². The van der Waals surface area contributed by atoms with Gasteiger partial charge in [0.1, 0.15) is 0 Å². The number of nitrogen functional groups attached to an aromatic ring is 1. The molecule has 2 N–H and O–H groups in total. The van der Waals surface area contributed by atoms with E-state index in [-0.39, 0.29) is 5.91 Å². The van der Waals surface area contributed by atoms with E-state index >= 15 is 0 Å². The number of hydrogen-bond acceptors (Lipinski definition) is 3. The predicted molar refractivity (Wildman–Crippen MR) is 75.1 cm³/mol. The number of benzene rings is 1. The van der Waals surface area contributed by atoms with Crippen molar-refractivity contribution < 1.29 is 9.53 Å². The molecule has 0 radical (unpaired) electrons. The van der Waals surface area contributed by atoms with Crippen molar-refractivity contribution in [2.75, 3.05) is 23.8 Å². The minimum absolute atomic E-state index is 0.188. The van der Waals surface area contributed by atoms with Crippen LogP contribution in [0.1, 0.15) is 31.2 Å². The van der Waals surface area contributed by atoms with E-state index in [1.165, 1.54) is 12.8 Å². The van der Waals surface area contributed by atoms with Gasteiger partial charge in [-0.1, -0.05) is 0 Å². The maximum Gasteiger partial charge on any atom is 0.231 e. The van der Waals surface area contributed by atoms with Crippen molar-refractivity contribution in [1.82, 2.24) is 0 Å². The molecule has 0 spiro atoms. The van der Waals surface area contributed by atoms with Gasteiger partial charge in [-0.3, -0.25) is 4.79 Å². The summed E-state index contributed by atoms with van der Waals surface area (Å²) in [7, 11) is 0. The standard InChI is InChI=1S/C15H20N2O2/c16-12-5-6-14-11(9-12)10-15(18)17(14)7-1-3-13-4-2-8-19-13/h5-6,9,13H,1-4,7-8,10,16H2. The maximum atomic E-state index is 12.0. The number of carbonyl (C=O) groups is 1. The summed E-state index contributed by atoms with van der Waals surface area (Å²) in [5.41, 5.74) is 8.58. The lowest BCUT2D eigenvalue weighted by molar-refractivity contribution is -0.117. The average molecular weight is 260 g/mol. The van der Waals surface area contributed by atoms with E-state index in [9.17, 15) is 4.79 Å². The second kappa shape index (κ2) is 5.21. The molecule has 1 fully saturated rings. The van der Waals surface area contributed by atoms with E-state index < -0.39 is 0 Å². The van der Waals surface area contributed by atoms with E-state index in [1.54, 1.807) is 0 Å². The molecule has 4 heteroatoms. The molecule has 1 saturated heterocycles. The number of carbonyl (C=O) groups excluding carboxylic acids is 1. The highest BCUT2D eigenvalue weighted by Gasteiger charge is 2.27. The fraction of sp³-hybridized carbons (Fsp3) is 0.533. The second-order valence-electron chi connectivity index (χ2n) is 5.39. The third-order valence-electron chi connectivity index (χ3n) is 3.97. The highest BCUT2D eigenvalue weighted by molar-refractivity contribution is 6.01. The smallest absolute Gasteiger partial charge is 0.231 e. The monoisotopic (exact) mass is 260 g/mol. The Balaban J connectivity index is 1.60. The van der Waals surface area contributed by atoms with Crippen LogP contribution in [0.15, 0.2) is 18.2 Å². The Hall–Kier alpha value is -1.55. The number of fused-ring (bicyclic) bond motifs is 1. The Bertz CT molecular complexity index is 481. The number of nitrogens with zero attached hydrogens (tertiary/aromatic N) is 1. The van der Waals surface area contributed by atoms with Gasteiger partial charge in [0.05, 0.1) is 12.5 Å². The van der Waals surface area contributed by atoms with Crippen molar-refractivity contribution in [2.45, 2.75) is 38.2 Å². The fourth-order valence-corrected chi connectivity index (χ4v) is 3.00. The highest BCUT2D eigenvalue weighted by atomic mass is 16.5. The molecule has 1 aromatic rings. The largest absolute Gasteiger partial charge is 0.399 e. The van der Waals surface area contributed by atoms with Crippen LogP contribution < -0.4 is 10.6 Å². The molecule has 102 valence electrons. The normalized spacial score (nSPS) is 22.0. The minimum atomic E-state index is 0.188. The Labute approximate surface area is 113 Å². The first kappa shape index (κ1) is 12.5. The summed E-state index contributed by atoms with van der Waals surface area (Å²) in [5, 5.41) is 0. The fourth-order valence-electron chi connectivity index (χ4n) is 3.00. The van der Waals surface area contributed by atoms with Crippen molar-refractivity contribution in [1.29, 1.82) is 0 Å². The summed E-state index contributed by atoms with van der Waals surface area (Å²) in [4.78, 5) is 13.9. The predicted octanol–water partition coefficient (Wildman–Crippen LogP) is 2.12. The summed E-state index contributed by atoms with van der Waals surface area (Å²) in [6.07, 6.45) is 5.29. The van der Waals surface area contributed by atoms with Crippen LogP contribution in [0.2, 0.25) is 0 Å². The van der Waals surface area contributed by atoms with Gasteiger partial charge in [0, 0.05) is 24.5 Å². The maximum absolute atomic E-state index is 12.0. The van der Waals surface area contributed by atoms with Crippen LogP contribution in [0.25, 0.3) is 0 Å². The Morgan fingerprint density at radius 2 is 2.32 bits per heavy atom. The summed E-state index contributed by atoms with van der Waals surface area (Å²) in [5.74, 6) is 0.188. The SMILES string of the molecule is Nc1ccc2c(c1)CC(=O)N2CCCC1CCCO1. The zero-order valence-corrected chi connectivity index (χ0v) is 11.1. The Kier molecular flexibility index (Phi) is 3.42. The third kappa shape index (κ3) is 2.59. The van der Waals surface area contributed by atoms with Gasteiger partial charge < -0.3 is 15.4 Å². The molecule has 1 unspecified atom stereocenters. The first-order valence-corrected chi connectivity index (χ1v) is 7.04. The molecular formula is C15H20N2O2. The first-order valence-electron chi connectivity index (χ1n) is 7.04. The van der Waals surface area contributed by atoms with Gasteiger partial charge in [-0.25, -0.2) is 0 Å². The topological polar surface area (TPSA) is 55.6 Å². The lowest BCUT2D eigenvalue weighted by Crippen LogP contribution is -2.28. The van der Waals surface area contributed by atoms with Crippen molar-refractivity contribution in [3.63, 3.8) is 0 Å². The van der Waals surface area contributed by atoms with Gasteiger partial charge in [0.15, 0.2) is 0 Å². The van der Waals surface area contributed by atoms with Gasteiger partial charge in [-0.2, -0.15) is 0 Å². The molecule has 1 aromatic carbocycles. The third-order valence-corrected chi connectivity index (χ3v) is 3.97. The molecule has 3 rings (SSSR count). The molecule has 2 heterocycles. The van der Waals surface area contributed by atoms with Gasteiger partial charge in [-0.05, 0) is 49.4 Å². The van der Waals surface area contributed by atoms with Crippen LogP contribution in [0.3, 0.4) is 0 Å². The van der Waals surface area contributed by atoms with Gasteiger partial charge in [0.25, 0.3) is 0 Å². The van der Waals surface area contributed by atoms with Gasteiger partial charge >= 0.3 is 0 Å². The number of rotatable bonds is 4. The van der Waals surface area contributed by atoms with Crippen LogP contribution in [0.4, 0.5) is 11.4 Å². The van der Waals surface area contributed by atoms with E-state index in [1.807, 2.05) is 23.1 Å². The number of hydrogen-bond donors (Lipinski definition) is 1. The summed E-state index contributed by atoms with van der Waals surface area (Å²) in [6.45, 7) is 1.69. The molecule has 2 aliphatic heterocycles. The van der Waals surface area contributed by atoms with Crippen LogP contribution >= 0.6 is 0 Å². The highest BCUT2D eigenvalue weighted by Crippen LogP contribution is 2.31. The Morgan fingerprint density at radius 3 is 3.11 bits per heavy atom. The van der Waals surface area contributed by atoms with Crippen molar-refractivity contribution in [3.8, 4) is 0 Å². The second-order valence-corrected chi connectivity index (χ2v) is 5.39. The molecule has 0 bridgehead atoms. The summed E-state index contributed by atoms with van der Waals surface area (Å²) < 4.78 is 5.61. The minimum Gasteiger partial charge on any atom is -0.399 e. The lowest BCUT2D eigenvalue weighted by atomic mass is 10.1. The number of nitrogens with two attached hydrogens (primary N) is 1. The molecule has 19 heavy (non-hydrogen) atoms. The number of anilines is 2. The zero-order chi connectivity index (χ0) is 13.2. The van der Waals surface area contributed by atoms with Crippen LogP contribution in [-0.4, -0.2) is 25.2 Å². The van der Waals surface area contributed by atoms with E-state index in [4.69, 9.17) is 10.5 Å².